The van der Waals surface area contributed by atoms with Crippen LogP contribution in [0.2, 0.25) is 0 Å². The first-order valence-corrected chi connectivity index (χ1v) is 16.7. The lowest BCUT2D eigenvalue weighted by atomic mass is 9.74. The maximum absolute atomic E-state index is 15.7. The van der Waals surface area contributed by atoms with Crippen molar-refractivity contribution in [3.05, 3.63) is 179 Å². The lowest BCUT2D eigenvalue weighted by molar-refractivity contribution is -0.309. The summed E-state index contributed by atoms with van der Waals surface area (Å²) < 4.78 is 48.0. The molecule has 5 aromatic rings. The molecule has 0 bridgehead atoms. The van der Waals surface area contributed by atoms with Crippen LogP contribution in [-0.2, 0) is 50.1 Å². The smallest absolute Gasteiger partial charge is 0.338 e. The topological polar surface area (TPSA) is 83.5 Å². The number of carbonyl (C=O) groups is 1. The van der Waals surface area contributed by atoms with E-state index in [2.05, 4.69) is 0 Å². The van der Waals surface area contributed by atoms with Crippen LogP contribution in [0.3, 0.4) is 0 Å². The van der Waals surface area contributed by atoms with E-state index in [9.17, 15) is 9.90 Å². The van der Waals surface area contributed by atoms with Gasteiger partial charge >= 0.3 is 5.97 Å². The average molecular weight is 677 g/mol. The van der Waals surface area contributed by atoms with Crippen molar-refractivity contribution < 1.29 is 38.0 Å². The van der Waals surface area contributed by atoms with Gasteiger partial charge in [-0.2, -0.15) is 0 Å². The Bertz CT molecular complexity index is 1730. The lowest BCUT2D eigenvalue weighted by Gasteiger charge is -2.53. The van der Waals surface area contributed by atoms with E-state index in [1.807, 2.05) is 121 Å². The molecule has 0 amide bonds. The molecule has 0 aromatic heterocycles. The minimum absolute atomic E-state index is 0.0271. The fraction of sp³-hybridized carbons (Fsp3) is 0.262. The molecule has 258 valence electrons. The second kappa shape index (κ2) is 17.3. The standard InChI is InChI=1S/C42H41FO7/c43-30-42(45)39(49-29-34-22-12-4-13-23-34)37(47-27-32-18-8-2-9-19-32)36(46-26-31-16-6-1-7-17-31)38(48-28-33-20-10-3-11-21-33)40(42)50-41(44)35-24-14-5-15-25-35/h1-25,36-40,45H,26-30H2/t36-,37-,38+,39+,40-,42+/m1/s1. The van der Waals surface area contributed by atoms with Crippen molar-refractivity contribution in [1.82, 2.24) is 0 Å². The van der Waals surface area contributed by atoms with Crippen LogP contribution in [-0.4, -0.2) is 53.9 Å². The minimum Gasteiger partial charge on any atom is -0.453 e. The molecule has 0 aliphatic heterocycles. The fourth-order valence-corrected chi connectivity index (χ4v) is 6.19. The van der Waals surface area contributed by atoms with Gasteiger partial charge in [-0.1, -0.05) is 140 Å². The number of esters is 1. The molecule has 1 saturated carbocycles. The quantitative estimate of drug-likeness (QED) is 0.117. The molecular weight excluding hydrogens is 635 g/mol. The summed E-state index contributed by atoms with van der Waals surface area (Å²) in [6, 6.07) is 46.3. The molecule has 0 saturated heterocycles. The van der Waals surface area contributed by atoms with Crippen molar-refractivity contribution in [2.75, 3.05) is 6.67 Å². The minimum atomic E-state index is -2.39. The highest BCUT2D eigenvalue weighted by Crippen LogP contribution is 2.41. The van der Waals surface area contributed by atoms with Gasteiger partial charge in [-0.25, -0.2) is 9.18 Å². The van der Waals surface area contributed by atoms with E-state index in [4.69, 9.17) is 23.7 Å². The molecule has 1 fully saturated rings. The van der Waals surface area contributed by atoms with Crippen molar-refractivity contribution in [3.8, 4) is 0 Å². The van der Waals surface area contributed by atoms with Crippen molar-refractivity contribution in [3.63, 3.8) is 0 Å². The number of benzene rings is 5. The van der Waals surface area contributed by atoms with Crippen molar-refractivity contribution >= 4 is 5.97 Å². The Labute approximate surface area is 292 Å². The summed E-state index contributed by atoms with van der Waals surface area (Å²) in [7, 11) is 0. The molecule has 8 heteroatoms. The van der Waals surface area contributed by atoms with Crippen LogP contribution in [0.25, 0.3) is 0 Å². The summed E-state index contributed by atoms with van der Waals surface area (Å²) in [5.41, 5.74) is 1.21. The van der Waals surface area contributed by atoms with Gasteiger partial charge in [0.2, 0.25) is 0 Å². The van der Waals surface area contributed by atoms with Gasteiger partial charge in [0.05, 0.1) is 32.0 Å². The first kappa shape index (κ1) is 35.1. The molecule has 1 N–H and O–H groups in total. The summed E-state index contributed by atoms with van der Waals surface area (Å²) in [5, 5.41) is 12.5. The molecular formula is C42H41FO7. The molecule has 5 aromatic carbocycles. The Morgan fingerprint density at radius 2 is 0.840 bits per heavy atom. The highest BCUT2D eigenvalue weighted by Gasteiger charge is 2.63. The zero-order chi connectivity index (χ0) is 34.6. The van der Waals surface area contributed by atoms with E-state index >= 15 is 4.39 Å². The maximum Gasteiger partial charge on any atom is 0.338 e. The van der Waals surface area contributed by atoms with Crippen LogP contribution in [0.4, 0.5) is 4.39 Å². The highest BCUT2D eigenvalue weighted by molar-refractivity contribution is 5.89. The van der Waals surface area contributed by atoms with Crippen LogP contribution < -0.4 is 0 Å². The maximum atomic E-state index is 15.7. The number of ether oxygens (including phenoxy) is 5. The summed E-state index contributed by atoms with van der Waals surface area (Å²) in [6.45, 7) is -0.968. The Morgan fingerprint density at radius 1 is 0.500 bits per heavy atom. The normalized spacial score (nSPS) is 23.3. The predicted octanol–water partition coefficient (Wildman–Crippen LogP) is 7.27. The Morgan fingerprint density at radius 3 is 1.24 bits per heavy atom. The van der Waals surface area contributed by atoms with E-state index in [0.717, 1.165) is 22.3 Å². The van der Waals surface area contributed by atoms with Crippen molar-refractivity contribution in [2.45, 2.75) is 62.5 Å². The molecule has 0 radical (unpaired) electrons. The number of carbonyl (C=O) groups excluding carboxylic acids is 1. The molecule has 6 rings (SSSR count). The first-order valence-electron chi connectivity index (χ1n) is 16.7. The Hall–Kier alpha value is -4.70. The zero-order valence-electron chi connectivity index (χ0n) is 27.6. The van der Waals surface area contributed by atoms with E-state index in [1.54, 1.807) is 30.3 Å². The number of hydrogen-bond acceptors (Lipinski definition) is 7. The van der Waals surface area contributed by atoms with E-state index in [1.165, 1.54) is 0 Å². The van der Waals surface area contributed by atoms with Crippen LogP contribution >= 0.6 is 0 Å². The summed E-state index contributed by atoms with van der Waals surface area (Å²) in [5.74, 6) is -0.747. The summed E-state index contributed by atoms with van der Waals surface area (Å²) >= 11 is 0. The number of aliphatic hydroxyl groups is 1. The predicted molar refractivity (Wildman–Crippen MR) is 187 cm³/mol. The lowest BCUT2D eigenvalue weighted by Crippen LogP contribution is -2.74. The Kier molecular flexibility index (Phi) is 12.2. The monoisotopic (exact) mass is 676 g/mol. The third kappa shape index (κ3) is 8.71. The number of rotatable bonds is 15. The molecule has 0 spiro atoms. The van der Waals surface area contributed by atoms with Crippen molar-refractivity contribution in [2.24, 2.45) is 0 Å². The van der Waals surface area contributed by atoms with Crippen LogP contribution in [0.1, 0.15) is 32.6 Å². The van der Waals surface area contributed by atoms with E-state index in [0.29, 0.717) is 0 Å². The van der Waals surface area contributed by atoms with Crippen molar-refractivity contribution in [1.29, 1.82) is 0 Å². The zero-order valence-corrected chi connectivity index (χ0v) is 27.6. The van der Waals surface area contributed by atoms with Gasteiger partial charge in [-0.3, -0.25) is 0 Å². The van der Waals surface area contributed by atoms with E-state index < -0.39 is 48.8 Å². The third-order valence-electron chi connectivity index (χ3n) is 8.82. The molecule has 6 atom stereocenters. The second-order valence-electron chi connectivity index (χ2n) is 12.3. The van der Waals surface area contributed by atoms with Crippen LogP contribution in [0.15, 0.2) is 152 Å². The van der Waals surface area contributed by atoms with E-state index in [-0.39, 0.29) is 32.0 Å². The average Bonchev–Trinajstić information content (AvgIpc) is 3.18. The Balaban J connectivity index is 1.43. The van der Waals surface area contributed by atoms with Gasteiger partial charge in [0.15, 0.2) is 11.7 Å². The summed E-state index contributed by atoms with van der Waals surface area (Å²) in [4.78, 5) is 13.7. The first-order chi connectivity index (χ1) is 24.5. The largest absolute Gasteiger partial charge is 0.453 e. The number of halogens is 1. The SMILES string of the molecule is O=C(O[C@@H]1[C@@H](OCc2ccccc2)[C@H](OCc2ccccc2)[C@@H](OCc2ccccc2)[C@H](OCc2ccccc2)[C@@]1(O)CF)c1ccccc1. The summed E-state index contributed by atoms with van der Waals surface area (Å²) in [6.07, 6.45) is -6.12. The molecule has 0 unspecified atom stereocenters. The molecule has 1 aliphatic rings. The molecule has 50 heavy (non-hydrogen) atoms. The van der Waals surface area contributed by atoms with Gasteiger partial charge in [0.25, 0.3) is 0 Å². The number of hydrogen-bond donors (Lipinski definition) is 1. The highest BCUT2D eigenvalue weighted by atomic mass is 19.1. The molecule has 0 heterocycles. The molecule has 1 aliphatic carbocycles. The van der Waals surface area contributed by atoms with Gasteiger partial charge in [0.1, 0.15) is 31.1 Å². The van der Waals surface area contributed by atoms with Crippen LogP contribution in [0.5, 0.6) is 0 Å². The van der Waals surface area contributed by atoms with Gasteiger partial charge in [-0.15, -0.1) is 0 Å². The second-order valence-corrected chi connectivity index (χ2v) is 12.3. The van der Waals surface area contributed by atoms with Crippen LogP contribution in [0, 0.1) is 0 Å². The molecule has 7 nitrogen and oxygen atoms in total. The fourth-order valence-electron chi connectivity index (χ4n) is 6.19. The number of alkyl halides is 1. The van der Waals surface area contributed by atoms with Gasteiger partial charge in [-0.05, 0) is 34.4 Å². The van der Waals surface area contributed by atoms with Gasteiger partial charge in [0, 0.05) is 0 Å². The van der Waals surface area contributed by atoms with Gasteiger partial charge < -0.3 is 28.8 Å². The third-order valence-corrected chi connectivity index (χ3v) is 8.82.